The summed E-state index contributed by atoms with van der Waals surface area (Å²) in [6.07, 6.45) is 1.71. The summed E-state index contributed by atoms with van der Waals surface area (Å²) in [6, 6.07) is 17.4. The number of anilines is 1. The monoisotopic (exact) mass is 444 g/mol. The van der Waals surface area contributed by atoms with Gasteiger partial charge in [-0.15, -0.1) is 0 Å². The molecule has 0 bridgehead atoms. The number of hydrogen-bond donors (Lipinski definition) is 1. The van der Waals surface area contributed by atoms with Crippen molar-refractivity contribution in [3.63, 3.8) is 0 Å². The Morgan fingerprint density at radius 3 is 2.64 bits per heavy atom. The van der Waals surface area contributed by atoms with E-state index in [1.165, 1.54) is 4.68 Å². The molecule has 0 aliphatic carbocycles. The molecule has 0 aliphatic heterocycles. The number of para-hydroxylation sites is 1. The van der Waals surface area contributed by atoms with E-state index in [-0.39, 0.29) is 18.1 Å². The van der Waals surface area contributed by atoms with E-state index in [4.69, 9.17) is 4.74 Å². The summed E-state index contributed by atoms with van der Waals surface area (Å²) in [6.45, 7) is 2.73. The molecule has 0 saturated carbocycles. The van der Waals surface area contributed by atoms with Crippen LogP contribution in [0.3, 0.4) is 0 Å². The van der Waals surface area contributed by atoms with Gasteiger partial charge in [0.15, 0.2) is 0 Å². The molecule has 2 aromatic carbocycles. The largest absolute Gasteiger partial charge is 0.496 e. The van der Waals surface area contributed by atoms with Crippen molar-refractivity contribution in [1.29, 1.82) is 0 Å². The lowest BCUT2D eigenvalue weighted by molar-refractivity contribution is 0.300. The number of aromatic nitrogens is 4. The fraction of sp³-hybridized carbons (Fsp3) is 0.280. The van der Waals surface area contributed by atoms with Gasteiger partial charge < -0.3 is 15.0 Å². The second kappa shape index (κ2) is 9.79. The van der Waals surface area contributed by atoms with Crippen LogP contribution in [0.25, 0.3) is 10.8 Å². The quantitative estimate of drug-likeness (QED) is 0.446. The van der Waals surface area contributed by atoms with Crippen molar-refractivity contribution < 1.29 is 4.74 Å². The van der Waals surface area contributed by atoms with Crippen molar-refractivity contribution in [3.05, 3.63) is 88.2 Å². The minimum absolute atomic E-state index is 0.0737. The minimum atomic E-state index is -0.136. The molecule has 0 spiro atoms. The normalized spacial score (nSPS) is 12.2. The second-order valence-electron chi connectivity index (χ2n) is 8.09. The zero-order valence-electron chi connectivity index (χ0n) is 19.3. The van der Waals surface area contributed by atoms with Crippen molar-refractivity contribution in [2.24, 2.45) is 0 Å². The fourth-order valence-electron chi connectivity index (χ4n) is 3.91. The number of likely N-dealkylation sites (N-methyl/N-ethyl adjacent to an activating group) is 1. The topological polar surface area (TPSA) is 85.2 Å². The molecule has 0 fully saturated rings. The van der Waals surface area contributed by atoms with Crippen LogP contribution in [0.1, 0.15) is 23.1 Å². The highest BCUT2D eigenvalue weighted by Crippen LogP contribution is 2.28. The molecule has 8 nitrogen and oxygen atoms in total. The molecule has 1 atom stereocenters. The maximum absolute atomic E-state index is 12.8. The van der Waals surface area contributed by atoms with Crippen molar-refractivity contribution in [2.75, 3.05) is 33.1 Å². The highest BCUT2D eigenvalue weighted by Gasteiger charge is 2.18. The van der Waals surface area contributed by atoms with Crippen LogP contribution in [0.2, 0.25) is 0 Å². The Balaban J connectivity index is 1.56. The summed E-state index contributed by atoms with van der Waals surface area (Å²) in [5, 5.41) is 9.22. The number of methoxy groups -OCH3 is 1. The molecule has 4 rings (SSSR count). The van der Waals surface area contributed by atoms with Crippen molar-refractivity contribution in [3.8, 4) is 5.75 Å². The molecule has 1 N–H and O–H groups in total. The lowest BCUT2D eigenvalue weighted by Gasteiger charge is -2.26. The molecule has 1 unspecified atom stereocenters. The van der Waals surface area contributed by atoms with Crippen LogP contribution in [-0.4, -0.2) is 52.4 Å². The van der Waals surface area contributed by atoms with Gasteiger partial charge in [0.05, 0.1) is 37.0 Å². The minimum Gasteiger partial charge on any atom is -0.496 e. The van der Waals surface area contributed by atoms with E-state index in [1.54, 1.807) is 13.3 Å². The smallest absolute Gasteiger partial charge is 0.274 e. The van der Waals surface area contributed by atoms with E-state index in [2.05, 4.69) is 31.3 Å². The predicted octanol–water partition coefficient (Wildman–Crippen LogP) is 3.27. The number of benzene rings is 2. The number of nitrogens with one attached hydrogen (secondary N) is 1. The SMILES string of the molecule is COc1ccccc1C(CNc1cc(Cn2ncc3ccccc3c2=O)nc(C)n1)N(C)C. The summed E-state index contributed by atoms with van der Waals surface area (Å²) >= 11 is 0. The summed E-state index contributed by atoms with van der Waals surface area (Å²) in [4.78, 5) is 24.0. The van der Waals surface area contributed by atoms with Crippen LogP contribution < -0.4 is 15.6 Å². The Labute approximate surface area is 192 Å². The summed E-state index contributed by atoms with van der Waals surface area (Å²) in [5.74, 6) is 2.18. The summed E-state index contributed by atoms with van der Waals surface area (Å²) in [5.41, 5.74) is 1.67. The number of nitrogens with zero attached hydrogens (tertiary/aromatic N) is 5. The molecule has 0 amide bonds. The molecule has 170 valence electrons. The van der Waals surface area contributed by atoms with Crippen molar-refractivity contribution in [2.45, 2.75) is 19.5 Å². The lowest BCUT2D eigenvalue weighted by Crippen LogP contribution is -2.28. The third-order valence-corrected chi connectivity index (χ3v) is 5.56. The highest BCUT2D eigenvalue weighted by molar-refractivity contribution is 5.80. The van der Waals surface area contributed by atoms with Gasteiger partial charge >= 0.3 is 0 Å². The van der Waals surface area contributed by atoms with E-state index in [1.807, 2.05) is 69.6 Å². The third-order valence-electron chi connectivity index (χ3n) is 5.56. The molecule has 2 aromatic heterocycles. The number of ether oxygens (including phenoxy) is 1. The van der Waals surface area contributed by atoms with E-state index in [0.717, 1.165) is 16.7 Å². The molecule has 33 heavy (non-hydrogen) atoms. The zero-order chi connectivity index (χ0) is 23.4. The van der Waals surface area contributed by atoms with Crippen LogP contribution in [0.4, 0.5) is 5.82 Å². The number of aryl methyl sites for hydroxylation is 1. The molecule has 0 aliphatic rings. The Hall–Kier alpha value is -3.78. The molecular weight excluding hydrogens is 416 g/mol. The van der Waals surface area contributed by atoms with E-state index < -0.39 is 0 Å². The molecule has 2 heterocycles. The molecule has 4 aromatic rings. The summed E-state index contributed by atoms with van der Waals surface area (Å²) in [7, 11) is 5.75. The number of rotatable bonds is 8. The molecular formula is C25H28N6O2. The average Bonchev–Trinajstić information content (AvgIpc) is 2.81. The molecule has 0 saturated heterocycles. The Kier molecular flexibility index (Phi) is 6.65. The van der Waals surface area contributed by atoms with Gasteiger partial charge in [-0.25, -0.2) is 14.6 Å². The van der Waals surface area contributed by atoms with Gasteiger partial charge in [0.25, 0.3) is 5.56 Å². The van der Waals surface area contributed by atoms with Crippen LogP contribution in [-0.2, 0) is 6.54 Å². The first-order chi connectivity index (χ1) is 16.0. The number of fused-ring (bicyclic) bond motifs is 1. The Morgan fingerprint density at radius 1 is 1.09 bits per heavy atom. The van der Waals surface area contributed by atoms with Crippen LogP contribution in [0.15, 0.2) is 65.6 Å². The van der Waals surface area contributed by atoms with E-state index in [0.29, 0.717) is 29.3 Å². The average molecular weight is 445 g/mol. The predicted molar refractivity (Wildman–Crippen MR) is 130 cm³/mol. The van der Waals surface area contributed by atoms with Gasteiger partial charge in [-0.2, -0.15) is 5.10 Å². The van der Waals surface area contributed by atoms with Gasteiger partial charge in [0, 0.05) is 23.6 Å². The first kappa shape index (κ1) is 22.4. The van der Waals surface area contributed by atoms with Gasteiger partial charge in [0.2, 0.25) is 0 Å². The van der Waals surface area contributed by atoms with Gasteiger partial charge in [0.1, 0.15) is 17.4 Å². The second-order valence-corrected chi connectivity index (χ2v) is 8.09. The molecule has 8 heteroatoms. The Bertz CT molecular complexity index is 1320. The summed E-state index contributed by atoms with van der Waals surface area (Å²) < 4.78 is 6.99. The maximum atomic E-state index is 12.8. The standard InChI is InChI=1S/C25H28N6O2/c1-17-28-19(16-31-25(32)20-10-6-5-9-18(20)14-27-31)13-24(29-17)26-15-22(30(2)3)21-11-7-8-12-23(21)33-4/h5-14,22H,15-16H2,1-4H3,(H,26,28,29). The first-order valence-electron chi connectivity index (χ1n) is 10.8. The third kappa shape index (κ3) is 5.01. The van der Waals surface area contributed by atoms with Crippen molar-refractivity contribution >= 4 is 16.6 Å². The van der Waals surface area contributed by atoms with E-state index in [9.17, 15) is 4.79 Å². The zero-order valence-corrected chi connectivity index (χ0v) is 19.3. The fourth-order valence-corrected chi connectivity index (χ4v) is 3.91. The van der Waals surface area contributed by atoms with Crippen LogP contribution >= 0.6 is 0 Å². The van der Waals surface area contributed by atoms with E-state index >= 15 is 0 Å². The van der Waals surface area contributed by atoms with Gasteiger partial charge in [-0.3, -0.25) is 4.79 Å². The van der Waals surface area contributed by atoms with Gasteiger partial charge in [-0.1, -0.05) is 36.4 Å². The lowest BCUT2D eigenvalue weighted by atomic mass is 10.0. The first-order valence-corrected chi connectivity index (χ1v) is 10.8. The van der Waals surface area contributed by atoms with Gasteiger partial charge in [-0.05, 0) is 33.2 Å². The highest BCUT2D eigenvalue weighted by atomic mass is 16.5. The Morgan fingerprint density at radius 2 is 1.85 bits per heavy atom. The maximum Gasteiger partial charge on any atom is 0.274 e. The van der Waals surface area contributed by atoms with Crippen molar-refractivity contribution in [1.82, 2.24) is 24.6 Å². The van der Waals surface area contributed by atoms with Crippen LogP contribution in [0.5, 0.6) is 5.75 Å². The number of hydrogen-bond acceptors (Lipinski definition) is 7. The van der Waals surface area contributed by atoms with Crippen LogP contribution in [0, 0.1) is 6.92 Å². The molecule has 0 radical (unpaired) electrons.